The number of rotatable bonds is 6. The Morgan fingerprint density at radius 3 is 3.00 bits per heavy atom. The molecular formula is C20H26N4O3. The number of anilines is 1. The van der Waals surface area contributed by atoms with Crippen molar-refractivity contribution in [1.82, 2.24) is 15.2 Å². The van der Waals surface area contributed by atoms with Crippen LogP contribution in [0.3, 0.4) is 0 Å². The highest BCUT2D eigenvalue weighted by Crippen LogP contribution is 2.19. The van der Waals surface area contributed by atoms with E-state index in [9.17, 15) is 4.79 Å². The van der Waals surface area contributed by atoms with Crippen molar-refractivity contribution >= 4 is 11.7 Å². The summed E-state index contributed by atoms with van der Waals surface area (Å²) in [5.74, 6) is 0.384. The molecule has 0 aliphatic carbocycles. The fourth-order valence-corrected chi connectivity index (χ4v) is 3.13. The molecule has 2 aromatic rings. The van der Waals surface area contributed by atoms with E-state index in [0.29, 0.717) is 18.1 Å². The van der Waals surface area contributed by atoms with Gasteiger partial charge in [-0.05, 0) is 30.2 Å². The third-order valence-electron chi connectivity index (χ3n) is 4.39. The average molecular weight is 370 g/mol. The van der Waals surface area contributed by atoms with E-state index in [-0.39, 0.29) is 12.1 Å². The van der Waals surface area contributed by atoms with Gasteiger partial charge in [0.2, 0.25) is 5.88 Å². The Labute approximate surface area is 159 Å². The molecule has 144 valence electrons. The maximum atomic E-state index is 12.2. The third kappa shape index (κ3) is 5.67. The second kappa shape index (κ2) is 9.34. The van der Waals surface area contributed by atoms with E-state index < -0.39 is 0 Å². The highest BCUT2D eigenvalue weighted by molar-refractivity contribution is 5.90. The van der Waals surface area contributed by atoms with Gasteiger partial charge in [-0.15, -0.1) is 0 Å². The summed E-state index contributed by atoms with van der Waals surface area (Å²) in [6.45, 7) is 6.10. The number of urea groups is 1. The van der Waals surface area contributed by atoms with Crippen LogP contribution in [-0.4, -0.2) is 48.8 Å². The van der Waals surface area contributed by atoms with Gasteiger partial charge < -0.3 is 20.1 Å². The number of hydrogen-bond acceptors (Lipinski definition) is 5. The van der Waals surface area contributed by atoms with Crippen molar-refractivity contribution < 1.29 is 14.3 Å². The molecule has 3 rings (SSSR count). The van der Waals surface area contributed by atoms with Crippen molar-refractivity contribution in [1.29, 1.82) is 0 Å². The molecule has 0 saturated carbocycles. The first kappa shape index (κ1) is 19.1. The zero-order valence-electron chi connectivity index (χ0n) is 15.8. The lowest BCUT2D eigenvalue weighted by Gasteiger charge is -2.31. The fraction of sp³-hybridized carbons (Fsp3) is 0.400. The van der Waals surface area contributed by atoms with Gasteiger partial charge in [-0.2, -0.15) is 0 Å². The summed E-state index contributed by atoms with van der Waals surface area (Å²) in [5.41, 5.74) is 2.83. The van der Waals surface area contributed by atoms with Gasteiger partial charge in [-0.1, -0.05) is 24.3 Å². The minimum absolute atomic E-state index is 0.275. The molecule has 1 atom stereocenters. The number of nitrogens with one attached hydrogen (secondary N) is 2. The van der Waals surface area contributed by atoms with Crippen molar-refractivity contribution in [3.63, 3.8) is 0 Å². The van der Waals surface area contributed by atoms with Gasteiger partial charge in [0.25, 0.3) is 0 Å². The normalized spacial score (nSPS) is 17.3. The molecule has 0 radical (unpaired) electrons. The number of amides is 2. The van der Waals surface area contributed by atoms with Crippen molar-refractivity contribution in [2.45, 2.75) is 26.1 Å². The predicted molar refractivity (Wildman–Crippen MR) is 104 cm³/mol. The topological polar surface area (TPSA) is 75.7 Å². The summed E-state index contributed by atoms with van der Waals surface area (Å²) in [7, 11) is 1.52. The smallest absolute Gasteiger partial charge is 0.319 e. The largest absolute Gasteiger partial charge is 0.480 e. The zero-order valence-corrected chi connectivity index (χ0v) is 15.8. The van der Waals surface area contributed by atoms with Crippen molar-refractivity contribution in [2.75, 3.05) is 32.1 Å². The van der Waals surface area contributed by atoms with Crippen LogP contribution in [0.1, 0.15) is 18.1 Å². The molecule has 1 aliphatic heterocycles. The zero-order chi connectivity index (χ0) is 19.1. The Hall–Kier alpha value is -2.64. The Morgan fingerprint density at radius 1 is 1.33 bits per heavy atom. The molecular weight excluding hydrogens is 344 g/mol. The number of carbonyl (C=O) groups is 1. The van der Waals surface area contributed by atoms with E-state index in [4.69, 9.17) is 9.47 Å². The maximum Gasteiger partial charge on any atom is 0.319 e. The Balaban J connectivity index is 1.52. The number of methoxy groups -OCH3 is 1. The van der Waals surface area contributed by atoms with Crippen LogP contribution in [0.5, 0.6) is 5.88 Å². The molecule has 1 saturated heterocycles. The van der Waals surface area contributed by atoms with Gasteiger partial charge in [0.05, 0.1) is 19.8 Å². The Bertz CT molecular complexity index is 768. The summed E-state index contributed by atoms with van der Waals surface area (Å²) >= 11 is 0. The second-order valence-corrected chi connectivity index (χ2v) is 6.60. The van der Waals surface area contributed by atoms with E-state index in [2.05, 4.69) is 39.6 Å². The first-order valence-electron chi connectivity index (χ1n) is 9.09. The maximum absolute atomic E-state index is 12.2. The van der Waals surface area contributed by atoms with Gasteiger partial charge in [0.15, 0.2) is 0 Å². The van der Waals surface area contributed by atoms with Gasteiger partial charge in [-0.3, -0.25) is 4.90 Å². The van der Waals surface area contributed by atoms with Crippen LogP contribution < -0.4 is 15.4 Å². The quantitative estimate of drug-likeness (QED) is 0.818. The number of pyridine rings is 1. The van der Waals surface area contributed by atoms with E-state index in [0.717, 1.165) is 31.8 Å². The summed E-state index contributed by atoms with van der Waals surface area (Å²) < 4.78 is 10.7. The molecule has 1 aromatic carbocycles. The second-order valence-electron chi connectivity index (χ2n) is 6.60. The molecule has 2 amide bonds. The summed E-state index contributed by atoms with van der Waals surface area (Å²) in [6.07, 6.45) is 1.89. The average Bonchev–Trinajstić information content (AvgIpc) is 2.67. The predicted octanol–water partition coefficient (Wildman–Crippen LogP) is 2.63. The number of carbonyl (C=O) groups excluding carboxylic acids is 1. The molecule has 7 heteroatoms. The van der Waals surface area contributed by atoms with Crippen LogP contribution in [0.2, 0.25) is 0 Å². The van der Waals surface area contributed by atoms with Gasteiger partial charge >= 0.3 is 6.03 Å². The number of nitrogens with zero attached hydrogens (tertiary/aromatic N) is 2. The van der Waals surface area contributed by atoms with Crippen LogP contribution in [0.15, 0.2) is 42.6 Å². The standard InChI is InChI=1S/C20H26N4O3/c1-15-13-24(9-10-27-15)14-17-6-3-5-16(11-17)12-22-20(25)23-18-7-4-8-21-19(18)26-2/h3-8,11,15H,9-10,12-14H2,1-2H3,(H2,22,23,25). The Morgan fingerprint density at radius 2 is 2.19 bits per heavy atom. The molecule has 0 bridgehead atoms. The highest BCUT2D eigenvalue weighted by atomic mass is 16.5. The number of ether oxygens (including phenoxy) is 2. The SMILES string of the molecule is COc1ncccc1NC(=O)NCc1cccc(CN2CCOC(C)C2)c1. The summed E-state index contributed by atoms with van der Waals surface area (Å²) in [6, 6.07) is 11.5. The molecule has 1 aliphatic rings. The number of hydrogen-bond donors (Lipinski definition) is 2. The molecule has 2 heterocycles. The first-order valence-corrected chi connectivity index (χ1v) is 9.09. The van der Waals surface area contributed by atoms with Crippen molar-refractivity contribution in [2.24, 2.45) is 0 Å². The van der Waals surface area contributed by atoms with E-state index >= 15 is 0 Å². The van der Waals surface area contributed by atoms with E-state index in [1.807, 2.05) is 12.1 Å². The number of aromatic nitrogens is 1. The molecule has 2 N–H and O–H groups in total. The van der Waals surface area contributed by atoms with Crippen molar-refractivity contribution in [3.05, 3.63) is 53.7 Å². The molecule has 1 aromatic heterocycles. The minimum Gasteiger partial charge on any atom is -0.480 e. The fourth-order valence-electron chi connectivity index (χ4n) is 3.13. The lowest BCUT2D eigenvalue weighted by atomic mass is 10.1. The molecule has 27 heavy (non-hydrogen) atoms. The lowest BCUT2D eigenvalue weighted by molar-refractivity contribution is -0.0212. The number of benzene rings is 1. The Kier molecular flexibility index (Phi) is 6.62. The first-order chi connectivity index (χ1) is 13.1. The van der Waals surface area contributed by atoms with Crippen LogP contribution in [0.4, 0.5) is 10.5 Å². The van der Waals surface area contributed by atoms with Crippen LogP contribution in [0, 0.1) is 0 Å². The van der Waals surface area contributed by atoms with Crippen LogP contribution in [0.25, 0.3) is 0 Å². The molecule has 1 fully saturated rings. The minimum atomic E-state index is -0.297. The molecule has 7 nitrogen and oxygen atoms in total. The van der Waals surface area contributed by atoms with E-state index in [1.54, 1.807) is 18.3 Å². The lowest BCUT2D eigenvalue weighted by Crippen LogP contribution is -2.40. The van der Waals surface area contributed by atoms with Gasteiger partial charge in [0, 0.05) is 32.4 Å². The van der Waals surface area contributed by atoms with Gasteiger partial charge in [0.1, 0.15) is 5.69 Å². The summed E-state index contributed by atoms with van der Waals surface area (Å²) in [4.78, 5) is 18.6. The van der Waals surface area contributed by atoms with Crippen molar-refractivity contribution in [3.8, 4) is 5.88 Å². The van der Waals surface area contributed by atoms with Crippen LogP contribution >= 0.6 is 0 Å². The van der Waals surface area contributed by atoms with E-state index in [1.165, 1.54) is 12.7 Å². The highest BCUT2D eigenvalue weighted by Gasteiger charge is 2.16. The summed E-state index contributed by atoms with van der Waals surface area (Å²) in [5, 5.41) is 5.63. The third-order valence-corrected chi connectivity index (χ3v) is 4.39. The van der Waals surface area contributed by atoms with Crippen LogP contribution in [-0.2, 0) is 17.8 Å². The monoisotopic (exact) mass is 370 g/mol. The number of morpholine rings is 1. The molecule has 0 spiro atoms. The van der Waals surface area contributed by atoms with Gasteiger partial charge in [-0.25, -0.2) is 9.78 Å². The molecule has 1 unspecified atom stereocenters.